The van der Waals surface area contributed by atoms with Gasteiger partial charge in [-0.05, 0) is 31.6 Å². The smallest absolute Gasteiger partial charge is 0.211 e. The maximum absolute atomic E-state index is 11.3. The van der Waals surface area contributed by atoms with Crippen molar-refractivity contribution in [2.24, 2.45) is 5.92 Å². The molecule has 1 aliphatic rings. The molecule has 1 saturated carbocycles. The number of hydrogen-bond acceptors (Lipinski definition) is 2. The van der Waals surface area contributed by atoms with E-state index in [0.29, 0.717) is 23.7 Å². The van der Waals surface area contributed by atoms with E-state index in [1.165, 1.54) is 6.42 Å². The van der Waals surface area contributed by atoms with Crippen molar-refractivity contribution in [1.82, 2.24) is 4.72 Å². The van der Waals surface area contributed by atoms with Crippen LogP contribution in [-0.4, -0.2) is 25.5 Å². The lowest BCUT2D eigenvalue weighted by Gasteiger charge is -2.10. The van der Waals surface area contributed by atoms with E-state index in [1.54, 1.807) is 0 Å². The van der Waals surface area contributed by atoms with Gasteiger partial charge in [0.05, 0.1) is 5.75 Å². The van der Waals surface area contributed by atoms with Crippen LogP contribution in [0.1, 0.15) is 32.6 Å². The Balaban J connectivity index is 2.26. The van der Waals surface area contributed by atoms with Crippen molar-refractivity contribution in [2.75, 3.05) is 12.3 Å². The van der Waals surface area contributed by atoms with Crippen molar-refractivity contribution in [3.8, 4) is 0 Å². The van der Waals surface area contributed by atoms with Gasteiger partial charge in [-0.2, -0.15) is 0 Å². The highest BCUT2D eigenvalue weighted by Gasteiger charge is 2.23. The second-order valence-corrected chi connectivity index (χ2v) is 7.17. The van der Waals surface area contributed by atoms with Gasteiger partial charge in [-0.15, -0.1) is 0 Å². The largest absolute Gasteiger partial charge is 0.215 e. The molecule has 0 amide bonds. The highest BCUT2D eigenvalue weighted by Crippen LogP contribution is 2.30. The number of halogens is 1. The lowest BCUT2D eigenvalue weighted by Crippen LogP contribution is -2.30. The molecule has 0 aliphatic heterocycles. The Morgan fingerprint density at radius 3 is 2.64 bits per heavy atom. The van der Waals surface area contributed by atoms with Crippen LogP contribution in [0.25, 0.3) is 0 Å². The summed E-state index contributed by atoms with van der Waals surface area (Å²) >= 11 is 3.55. The summed E-state index contributed by atoms with van der Waals surface area (Å²) in [5.41, 5.74) is 0. The van der Waals surface area contributed by atoms with Crippen LogP contribution in [0, 0.1) is 5.92 Å². The van der Waals surface area contributed by atoms with E-state index >= 15 is 0 Å². The zero-order valence-electron chi connectivity index (χ0n) is 8.50. The molecule has 3 nitrogen and oxygen atoms in total. The minimum Gasteiger partial charge on any atom is -0.215 e. The lowest BCUT2D eigenvalue weighted by atomic mass is 10.1. The quantitative estimate of drug-likeness (QED) is 0.783. The van der Waals surface area contributed by atoms with Crippen molar-refractivity contribution in [3.05, 3.63) is 0 Å². The topological polar surface area (TPSA) is 46.2 Å². The van der Waals surface area contributed by atoms with Crippen molar-refractivity contribution in [2.45, 2.75) is 37.4 Å². The minimum atomic E-state index is -3.00. The van der Waals surface area contributed by atoms with E-state index in [9.17, 15) is 8.42 Å². The van der Waals surface area contributed by atoms with Gasteiger partial charge in [0, 0.05) is 11.4 Å². The summed E-state index contributed by atoms with van der Waals surface area (Å²) in [7, 11) is -3.00. The van der Waals surface area contributed by atoms with Gasteiger partial charge in [-0.25, -0.2) is 13.1 Å². The summed E-state index contributed by atoms with van der Waals surface area (Å²) in [6.45, 7) is 2.49. The molecule has 84 valence electrons. The molecule has 0 bridgehead atoms. The molecule has 0 saturated heterocycles. The number of hydrogen-bond donors (Lipinski definition) is 1. The van der Waals surface area contributed by atoms with Gasteiger partial charge in [0.2, 0.25) is 10.0 Å². The summed E-state index contributed by atoms with van der Waals surface area (Å²) in [4.78, 5) is 0.586. The summed E-state index contributed by atoms with van der Waals surface area (Å²) < 4.78 is 25.4. The van der Waals surface area contributed by atoms with E-state index in [4.69, 9.17) is 0 Å². The van der Waals surface area contributed by atoms with Crippen LogP contribution in [0.3, 0.4) is 0 Å². The van der Waals surface area contributed by atoms with Gasteiger partial charge in [0.15, 0.2) is 0 Å². The third-order valence-corrected chi connectivity index (χ3v) is 4.93. The molecule has 0 spiro atoms. The Labute approximate surface area is 94.8 Å². The van der Waals surface area contributed by atoms with Crippen molar-refractivity contribution >= 4 is 26.0 Å². The first-order chi connectivity index (χ1) is 6.53. The molecule has 2 atom stereocenters. The first-order valence-corrected chi connectivity index (χ1v) is 7.71. The highest BCUT2D eigenvalue weighted by molar-refractivity contribution is 9.09. The standard InChI is InChI=1S/C9H18BrNO2S/c1-2-5-14(12,13)11-7-8-3-4-9(10)6-8/h8-9,11H,2-7H2,1H3. The molecule has 1 aliphatic carbocycles. The maximum atomic E-state index is 11.3. The average Bonchev–Trinajstić information content (AvgIpc) is 2.48. The van der Waals surface area contributed by atoms with Gasteiger partial charge < -0.3 is 0 Å². The Morgan fingerprint density at radius 2 is 2.14 bits per heavy atom. The van der Waals surface area contributed by atoms with E-state index in [-0.39, 0.29) is 5.75 Å². The normalized spacial score (nSPS) is 28.1. The molecule has 0 aromatic rings. The van der Waals surface area contributed by atoms with E-state index in [1.807, 2.05) is 6.92 Å². The zero-order chi connectivity index (χ0) is 10.6. The number of rotatable bonds is 5. The average molecular weight is 284 g/mol. The summed E-state index contributed by atoms with van der Waals surface area (Å²) in [6.07, 6.45) is 4.07. The highest BCUT2D eigenvalue weighted by atomic mass is 79.9. The molecule has 0 heterocycles. The molecule has 0 aromatic heterocycles. The van der Waals surface area contributed by atoms with E-state index in [2.05, 4.69) is 20.7 Å². The van der Waals surface area contributed by atoms with Gasteiger partial charge in [0.25, 0.3) is 0 Å². The molecule has 14 heavy (non-hydrogen) atoms. The van der Waals surface area contributed by atoms with Crippen LogP contribution in [0.2, 0.25) is 0 Å². The zero-order valence-corrected chi connectivity index (χ0v) is 10.9. The Hall–Kier alpha value is 0.390. The lowest BCUT2D eigenvalue weighted by molar-refractivity contribution is 0.520. The molecule has 1 N–H and O–H groups in total. The van der Waals surface area contributed by atoms with Gasteiger partial charge in [-0.1, -0.05) is 22.9 Å². The summed E-state index contributed by atoms with van der Waals surface area (Å²) in [5.74, 6) is 0.767. The molecule has 5 heteroatoms. The summed E-state index contributed by atoms with van der Waals surface area (Å²) in [5, 5.41) is 0. The molecular formula is C9H18BrNO2S. The van der Waals surface area contributed by atoms with Crippen LogP contribution in [0.4, 0.5) is 0 Å². The Morgan fingerprint density at radius 1 is 1.43 bits per heavy atom. The molecule has 2 unspecified atom stereocenters. The van der Waals surface area contributed by atoms with Crippen molar-refractivity contribution in [1.29, 1.82) is 0 Å². The predicted octanol–water partition coefficient (Wildman–Crippen LogP) is 1.88. The van der Waals surface area contributed by atoms with Gasteiger partial charge >= 0.3 is 0 Å². The molecule has 1 rings (SSSR count). The second-order valence-electron chi connectivity index (χ2n) is 3.94. The van der Waals surface area contributed by atoms with Crippen molar-refractivity contribution < 1.29 is 8.42 Å². The van der Waals surface area contributed by atoms with Crippen LogP contribution in [0.15, 0.2) is 0 Å². The van der Waals surface area contributed by atoms with Gasteiger partial charge in [0.1, 0.15) is 0 Å². The van der Waals surface area contributed by atoms with E-state index in [0.717, 1.165) is 12.8 Å². The fourth-order valence-corrected chi connectivity index (χ4v) is 3.75. The minimum absolute atomic E-state index is 0.247. The SMILES string of the molecule is CCCS(=O)(=O)NCC1CCC(Br)C1. The molecule has 1 fully saturated rings. The molecule has 0 radical (unpaired) electrons. The first kappa shape index (κ1) is 12.5. The Kier molecular flexibility index (Phi) is 4.87. The second kappa shape index (κ2) is 5.47. The fourth-order valence-electron chi connectivity index (χ4n) is 1.79. The fraction of sp³-hybridized carbons (Fsp3) is 1.00. The van der Waals surface area contributed by atoms with Crippen LogP contribution in [-0.2, 0) is 10.0 Å². The molecular weight excluding hydrogens is 266 g/mol. The third-order valence-electron chi connectivity index (χ3n) is 2.54. The third kappa shape index (κ3) is 4.28. The number of sulfonamides is 1. The predicted molar refractivity (Wildman–Crippen MR) is 62.1 cm³/mol. The molecule has 0 aromatic carbocycles. The Bertz CT molecular complexity index is 266. The van der Waals surface area contributed by atoms with E-state index < -0.39 is 10.0 Å². The van der Waals surface area contributed by atoms with Crippen LogP contribution in [0.5, 0.6) is 0 Å². The van der Waals surface area contributed by atoms with Gasteiger partial charge in [-0.3, -0.25) is 0 Å². The first-order valence-electron chi connectivity index (χ1n) is 5.15. The van der Waals surface area contributed by atoms with Crippen molar-refractivity contribution in [3.63, 3.8) is 0 Å². The number of nitrogens with one attached hydrogen (secondary N) is 1. The summed E-state index contributed by atoms with van der Waals surface area (Å²) in [6, 6.07) is 0. The van der Waals surface area contributed by atoms with Crippen LogP contribution < -0.4 is 4.72 Å². The van der Waals surface area contributed by atoms with Crippen LogP contribution >= 0.6 is 15.9 Å². The monoisotopic (exact) mass is 283 g/mol. The maximum Gasteiger partial charge on any atom is 0.211 e. The number of alkyl halides is 1.